The number of nitrogens with zero attached hydrogens (tertiary/aromatic N) is 2. The van der Waals surface area contributed by atoms with Gasteiger partial charge in [0.2, 0.25) is 5.91 Å². The van der Waals surface area contributed by atoms with E-state index in [1.165, 1.54) is 0 Å². The predicted molar refractivity (Wildman–Crippen MR) is 73.3 cm³/mol. The quantitative estimate of drug-likeness (QED) is 0.901. The number of likely N-dealkylation sites (tertiary alicyclic amines) is 1. The van der Waals surface area contributed by atoms with E-state index in [1.807, 2.05) is 37.3 Å². The molecule has 5 nitrogen and oxygen atoms in total. The van der Waals surface area contributed by atoms with Gasteiger partial charge < -0.3 is 9.84 Å². The molecular formula is C15H15N3O2. The molecule has 2 aliphatic heterocycles. The molecule has 0 aliphatic carbocycles. The van der Waals surface area contributed by atoms with Crippen LogP contribution >= 0.6 is 0 Å². The molecule has 2 aliphatic rings. The van der Waals surface area contributed by atoms with Crippen molar-refractivity contribution < 1.29 is 9.32 Å². The lowest BCUT2D eigenvalue weighted by Crippen LogP contribution is -2.62. The topological polar surface area (TPSA) is 58.4 Å². The highest BCUT2D eigenvalue weighted by molar-refractivity contribution is 6.07. The fourth-order valence-corrected chi connectivity index (χ4v) is 3.24. The third kappa shape index (κ3) is 1.53. The maximum absolute atomic E-state index is 12.3. The van der Waals surface area contributed by atoms with E-state index in [2.05, 4.69) is 15.4 Å². The molecule has 20 heavy (non-hydrogen) atoms. The van der Waals surface area contributed by atoms with Gasteiger partial charge in [-0.05, 0) is 18.6 Å². The van der Waals surface area contributed by atoms with Gasteiger partial charge in [-0.2, -0.15) is 0 Å². The van der Waals surface area contributed by atoms with Crippen LogP contribution in [0.15, 0.2) is 34.9 Å². The zero-order valence-electron chi connectivity index (χ0n) is 11.2. The Balaban J connectivity index is 1.54. The van der Waals surface area contributed by atoms with Gasteiger partial charge >= 0.3 is 0 Å². The maximum Gasteiger partial charge on any atom is 0.237 e. The van der Waals surface area contributed by atoms with Crippen LogP contribution in [-0.4, -0.2) is 29.1 Å². The first-order valence-electron chi connectivity index (χ1n) is 6.73. The first kappa shape index (κ1) is 11.7. The molecule has 4 rings (SSSR count). The van der Waals surface area contributed by atoms with Gasteiger partial charge in [-0.1, -0.05) is 23.4 Å². The number of amides is 1. The van der Waals surface area contributed by atoms with Crippen LogP contribution in [0.1, 0.15) is 17.0 Å². The fraction of sp³-hybridized carbons (Fsp3) is 0.333. The minimum absolute atomic E-state index is 0.117. The zero-order valence-corrected chi connectivity index (χ0v) is 11.2. The summed E-state index contributed by atoms with van der Waals surface area (Å²) in [4.78, 5) is 14.5. The van der Waals surface area contributed by atoms with Crippen molar-refractivity contribution in [2.24, 2.45) is 0 Å². The molecule has 1 N–H and O–H groups in total. The second-order valence-electron chi connectivity index (χ2n) is 5.66. The molecule has 0 radical (unpaired) electrons. The molecule has 1 amide bonds. The zero-order chi connectivity index (χ0) is 13.7. The summed E-state index contributed by atoms with van der Waals surface area (Å²) in [5.41, 5.74) is 2.63. The van der Waals surface area contributed by atoms with Gasteiger partial charge in [-0.3, -0.25) is 9.69 Å². The number of nitrogens with one attached hydrogen (secondary N) is 1. The van der Waals surface area contributed by atoms with Crippen LogP contribution in [0.5, 0.6) is 0 Å². The predicted octanol–water partition coefficient (Wildman–Crippen LogP) is 1.69. The summed E-state index contributed by atoms with van der Waals surface area (Å²) in [7, 11) is 0. The van der Waals surface area contributed by atoms with Crippen LogP contribution < -0.4 is 5.32 Å². The van der Waals surface area contributed by atoms with E-state index in [1.54, 1.807) is 0 Å². The van der Waals surface area contributed by atoms with Crippen molar-refractivity contribution >= 4 is 11.6 Å². The SMILES string of the molecule is Cc1cc(CN2CC3(C2)C(=O)Nc2ccccc23)no1. The number of hydrogen-bond donors (Lipinski definition) is 1. The number of rotatable bonds is 2. The van der Waals surface area contributed by atoms with Gasteiger partial charge in [0.05, 0.1) is 5.69 Å². The van der Waals surface area contributed by atoms with Gasteiger partial charge in [0.25, 0.3) is 0 Å². The lowest BCUT2D eigenvalue weighted by molar-refractivity contribution is -0.127. The number of benzene rings is 1. The maximum atomic E-state index is 12.3. The number of anilines is 1. The Hall–Kier alpha value is -2.14. The second-order valence-corrected chi connectivity index (χ2v) is 5.66. The average molecular weight is 269 g/mol. The largest absolute Gasteiger partial charge is 0.361 e. The number of carbonyl (C=O) groups excluding carboxylic acids is 1. The van der Waals surface area contributed by atoms with Crippen molar-refractivity contribution in [3.8, 4) is 0 Å². The summed E-state index contributed by atoms with van der Waals surface area (Å²) in [5.74, 6) is 0.936. The van der Waals surface area contributed by atoms with E-state index in [0.717, 1.165) is 42.3 Å². The summed E-state index contributed by atoms with van der Waals surface area (Å²) in [6, 6.07) is 9.89. The Morgan fingerprint density at radius 3 is 2.95 bits per heavy atom. The summed E-state index contributed by atoms with van der Waals surface area (Å²) in [5, 5.41) is 6.98. The average Bonchev–Trinajstić information content (AvgIpc) is 2.91. The minimum atomic E-state index is -0.366. The van der Waals surface area contributed by atoms with E-state index in [0.29, 0.717) is 0 Å². The molecule has 0 unspecified atom stereocenters. The highest BCUT2D eigenvalue weighted by atomic mass is 16.5. The Bertz CT molecular complexity index is 686. The molecule has 1 aromatic heterocycles. The van der Waals surface area contributed by atoms with E-state index < -0.39 is 0 Å². The van der Waals surface area contributed by atoms with Gasteiger partial charge in [0.1, 0.15) is 11.2 Å². The molecule has 0 saturated carbocycles. The molecule has 1 fully saturated rings. The second kappa shape index (κ2) is 3.93. The molecule has 2 aromatic rings. The summed E-state index contributed by atoms with van der Waals surface area (Å²) in [6.45, 7) is 4.09. The lowest BCUT2D eigenvalue weighted by Gasteiger charge is -2.46. The third-order valence-corrected chi connectivity index (χ3v) is 4.17. The summed E-state index contributed by atoms with van der Waals surface area (Å²) in [6.07, 6.45) is 0. The molecular weight excluding hydrogens is 254 g/mol. The van der Waals surface area contributed by atoms with Gasteiger partial charge in [-0.25, -0.2) is 0 Å². The molecule has 3 heterocycles. The number of para-hydroxylation sites is 1. The lowest BCUT2D eigenvalue weighted by atomic mass is 9.74. The normalized spacial score (nSPS) is 19.8. The Morgan fingerprint density at radius 1 is 1.40 bits per heavy atom. The number of aromatic nitrogens is 1. The Labute approximate surface area is 116 Å². The minimum Gasteiger partial charge on any atom is -0.361 e. The molecule has 1 saturated heterocycles. The number of carbonyl (C=O) groups is 1. The van der Waals surface area contributed by atoms with Crippen LogP contribution in [0.25, 0.3) is 0 Å². The highest BCUT2D eigenvalue weighted by Gasteiger charge is 2.54. The number of hydrogen-bond acceptors (Lipinski definition) is 4. The fourth-order valence-electron chi connectivity index (χ4n) is 3.24. The Kier molecular flexibility index (Phi) is 2.29. The number of aryl methyl sites for hydroxylation is 1. The smallest absolute Gasteiger partial charge is 0.237 e. The standard InChI is InChI=1S/C15H15N3O2/c1-10-6-11(17-20-10)7-18-8-15(9-18)12-4-2-3-5-13(12)16-14(15)19/h2-6H,7-9H2,1H3,(H,16,19). The highest BCUT2D eigenvalue weighted by Crippen LogP contribution is 2.44. The molecule has 0 atom stereocenters. The van der Waals surface area contributed by atoms with E-state index >= 15 is 0 Å². The molecule has 1 spiro atoms. The molecule has 0 bridgehead atoms. The first-order chi connectivity index (χ1) is 9.67. The first-order valence-corrected chi connectivity index (χ1v) is 6.73. The van der Waals surface area contributed by atoms with Crippen LogP contribution in [0.2, 0.25) is 0 Å². The molecule has 1 aromatic carbocycles. The van der Waals surface area contributed by atoms with Crippen molar-refractivity contribution in [3.05, 3.63) is 47.3 Å². The van der Waals surface area contributed by atoms with Crippen molar-refractivity contribution in [3.63, 3.8) is 0 Å². The van der Waals surface area contributed by atoms with E-state index in [-0.39, 0.29) is 11.3 Å². The van der Waals surface area contributed by atoms with Gasteiger partial charge in [0, 0.05) is 31.4 Å². The van der Waals surface area contributed by atoms with Crippen LogP contribution in [0, 0.1) is 6.92 Å². The van der Waals surface area contributed by atoms with E-state index in [4.69, 9.17) is 4.52 Å². The summed E-state index contributed by atoms with van der Waals surface area (Å²) >= 11 is 0. The summed E-state index contributed by atoms with van der Waals surface area (Å²) < 4.78 is 5.07. The van der Waals surface area contributed by atoms with Crippen LogP contribution in [-0.2, 0) is 16.8 Å². The van der Waals surface area contributed by atoms with Crippen molar-refractivity contribution in [2.75, 3.05) is 18.4 Å². The molecule has 102 valence electrons. The van der Waals surface area contributed by atoms with Crippen LogP contribution in [0.4, 0.5) is 5.69 Å². The monoisotopic (exact) mass is 269 g/mol. The van der Waals surface area contributed by atoms with Crippen molar-refractivity contribution in [1.82, 2.24) is 10.1 Å². The van der Waals surface area contributed by atoms with Gasteiger partial charge in [-0.15, -0.1) is 0 Å². The third-order valence-electron chi connectivity index (χ3n) is 4.17. The van der Waals surface area contributed by atoms with Gasteiger partial charge in [0.15, 0.2) is 0 Å². The van der Waals surface area contributed by atoms with Crippen molar-refractivity contribution in [2.45, 2.75) is 18.9 Å². The molecule has 5 heteroatoms. The van der Waals surface area contributed by atoms with Crippen LogP contribution in [0.3, 0.4) is 0 Å². The number of fused-ring (bicyclic) bond motifs is 2. The Morgan fingerprint density at radius 2 is 2.20 bits per heavy atom. The van der Waals surface area contributed by atoms with E-state index in [9.17, 15) is 4.79 Å². The van der Waals surface area contributed by atoms with Crippen molar-refractivity contribution in [1.29, 1.82) is 0 Å².